The van der Waals surface area contributed by atoms with E-state index >= 15 is 0 Å². The smallest absolute Gasteiger partial charge is 0.312 e. The van der Waals surface area contributed by atoms with Gasteiger partial charge in [0.15, 0.2) is 0 Å². The summed E-state index contributed by atoms with van der Waals surface area (Å²) in [6, 6.07) is 0. The highest BCUT2D eigenvalue weighted by molar-refractivity contribution is 8.17. The first-order valence-electron chi connectivity index (χ1n) is 6.88. The molecule has 1 rings (SSSR count). The summed E-state index contributed by atoms with van der Waals surface area (Å²) >= 11 is 3.62. The molecule has 0 amide bonds. The highest BCUT2D eigenvalue weighted by Crippen LogP contribution is 2.37. The summed E-state index contributed by atoms with van der Waals surface area (Å²) in [6.07, 6.45) is 4.79. The summed E-state index contributed by atoms with van der Waals surface area (Å²) in [4.78, 5) is 23.4. The molecule has 0 aromatic carbocycles. The minimum Gasteiger partial charge on any atom is -0.422 e. The van der Waals surface area contributed by atoms with Crippen molar-refractivity contribution in [1.82, 2.24) is 0 Å². The van der Waals surface area contributed by atoms with E-state index in [2.05, 4.69) is 13.2 Å². The minimum absolute atomic E-state index is 0.0968. The van der Waals surface area contributed by atoms with E-state index < -0.39 is 17.7 Å². The van der Waals surface area contributed by atoms with Gasteiger partial charge in [-0.1, -0.05) is 12.2 Å². The molecule has 0 aliphatic carbocycles. The molecule has 1 saturated heterocycles. The maximum absolute atomic E-state index is 11.7. The van der Waals surface area contributed by atoms with Crippen LogP contribution < -0.4 is 0 Å². The van der Waals surface area contributed by atoms with E-state index in [0.717, 1.165) is 11.5 Å². The van der Waals surface area contributed by atoms with Crippen LogP contribution in [0.25, 0.3) is 0 Å². The topological polar surface area (TPSA) is 52.6 Å². The molecule has 0 atom stereocenters. The molecule has 21 heavy (non-hydrogen) atoms. The molecule has 0 N–H and O–H groups in total. The third kappa shape index (κ3) is 7.09. The number of carbonyl (C=O) groups is 2. The Hall–Kier alpha value is -0.880. The first-order chi connectivity index (χ1) is 9.99. The van der Waals surface area contributed by atoms with Gasteiger partial charge in [0.25, 0.3) is 5.79 Å². The quantitative estimate of drug-likeness (QED) is 0.385. The van der Waals surface area contributed by atoms with Crippen LogP contribution in [0.3, 0.4) is 0 Å². The van der Waals surface area contributed by atoms with Crippen molar-refractivity contribution in [2.24, 2.45) is 0 Å². The highest BCUT2D eigenvalue weighted by atomic mass is 32.2. The van der Waals surface area contributed by atoms with Crippen molar-refractivity contribution in [2.45, 2.75) is 43.0 Å². The van der Waals surface area contributed by atoms with Crippen LogP contribution in [0.1, 0.15) is 32.6 Å². The Labute approximate surface area is 134 Å². The fourth-order valence-electron chi connectivity index (χ4n) is 1.86. The monoisotopic (exact) mass is 330 g/mol. The van der Waals surface area contributed by atoms with Crippen LogP contribution in [0.2, 0.25) is 0 Å². The standard InChI is InChI=1S/C15H22O4S2/c1-4-7-12(16)18-15(3,19-13(17)8-5-2)11-14-20-9-6-10-21-14/h4-5,14H,1-2,6-11H2,3H3. The van der Waals surface area contributed by atoms with Crippen molar-refractivity contribution < 1.29 is 19.1 Å². The van der Waals surface area contributed by atoms with E-state index in [-0.39, 0.29) is 17.4 Å². The number of rotatable bonds is 8. The van der Waals surface area contributed by atoms with Crippen LogP contribution in [-0.2, 0) is 19.1 Å². The largest absolute Gasteiger partial charge is 0.422 e. The van der Waals surface area contributed by atoms with Gasteiger partial charge in [0, 0.05) is 13.3 Å². The molecule has 1 heterocycles. The second-order valence-electron chi connectivity index (χ2n) is 4.80. The minimum atomic E-state index is -1.23. The van der Waals surface area contributed by atoms with Crippen molar-refractivity contribution >= 4 is 35.5 Å². The van der Waals surface area contributed by atoms with Crippen LogP contribution in [0.5, 0.6) is 0 Å². The first-order valence-corrected chi connectivity index (χ1v) is 8.97. The van der Waals surface area contributed by atoms with Gasteiger partial charge in [0.1, 0.15) is 0 Å². The molecule has 1 fully saturated rings. The second-order valence-corrected chi connectivity index (χ2v) is 7.72. The lowest BCUT2D eigenvalue weighted by Crippen LogP contribution is -2.39. The van der Waals surface area contributed by atoms with Gasteiger partial charge in [-0.3, -0.25) is 9.59 Å². The molecular weight excluding hydrogens is 308 g/mol. The van der Waals surface area contributed by atoms with E-state index in [0.29, 0.717) is 6.42 Å². The molecule has 6 heteroatoms. The number of carbonyl (C=O) groups excluding carboxylic acids is 2. The van der Waals surface area contributed by atoms with Crippen molar-refractivity contribution in [1.29, 1.82) is 0 Å². The predicted molar refractivity (Wildman–Crippen MR) is 88.2 cm³/mol. The molecule has 0 saturated carbocycles. The van der Waals surface area contributed by atoms with E-state index in [4.69, 9.17) is 9.47 Å². The van der Waals surface area contributed by atoms with Gasteiger partial charge in [-0.05, 0) is 17.9 Å². The molecule has 118 valence electrons. The summed E-state index contributed by atoms with van der Waals surface area (Å²) in [5.41, 5.74) is 0. The summed E-state index contributed by atoms with van der Waals surface area (Å²) in [7, 11) is 0. The molecule has 0 aromatic heterocycles. The molecular formula is C15H22O4S2. The van der Waals surface area contributed by atoms with E-state index in [1.165, 1.54) is 18.6 Å². The van der Waals surface area contributed by atoms with Crippen molar-refractivity contribution in [3.8, 4) is 0 Å². The van der Waals surface area contributed by atoms with E-state index in [9.17, 15) is 9.59 Å². The lowest BCUT2D eigenvalue weighted by atomic mass is 10.2. The van der Waals surface area contributed by atoms with E-state index in [1.807, 2.05) is 23.5 Å². The Kier molecular flexibility index (Phi) is 7.96. The predicted octanol–water partition coefficient (Wildman–Crippen LogP) is 3.53. The SMILES string of the molecule is C=CCC(=O)OC(C)(CC1SCCCS1)OC(=O)CC=C. The molecule has 4 nitrogen and oxygen atoms in total. The number of hydrogen-bond donors (Lipinski definition) is 0. The Bertz CT molecular complexity index is 365. The van der Waals surface area contributed by atoms with Crippen molar-refractivity contribution in [2.75, 3.05) is 11.5 Å². The summed E-state index contributed by atoms with van der Waals surface area (Å²) in [5, 5.41) is 0. The van der Waals surface area contributed by atoms with Gasteiger partial charge in [-0.2, -0.15) is 0 Å². The third-order valence-electron chi connectivity index (χ3n) is 2.72. The summed E-state index contributed by atoms with van der Waals surface area (Å²) in [6.45, 7) is 8.66. The van der Waals surface area contributed by atoms with E-state index in [1.54, 1.807) is 6.92 Å². The zero-order valence-electron chi connectivity index (χ0n) is 12.3. The fourth-order valence-corrected chi connectivity index (χ4v) is 5.00. The van der Waals surface area contributed by atoms with Gasteiger partial charge >= 0.3 is 11.9 Å². The first kappa shape index (κ1) is 18.2. The Balaban J connectivity index is 2.70. The van der Waals surface area contributed by atoms with Gasteiger partial charge in [0.05, 0.1) is 17.4 Å². The lowest BCUT2D eigenvalue weighted by Gasteiger charge is -2.33. The highest BCUT2D eigenvalue weighted by Gasteiger charge is 2.36. The van der Waals surface area contributed by atoms with Gasteiger partial charge in [-0.15, -0.1) is 36.7 Å². The molecule has 0 aromatic rings. The number of esters is 2. The molecule has 1 aliphatic heterocycles. The van der Waals surface area contributed by atoms with Crippen LogP contribution in [0, 0.1) is 0 Å². The fraction of sp³-hybridized carbons (Fsp3) is 0.600. The number of ether oxygens (including phenoxy) is 2. The Morgan fingerprint density at radius 2 is 1.62 bits per heavy atom. The molecule has 1 aliphatic rings. The van der Waals surface area contributed by atoms with Gasteiger partial charge < -0.3 is 9.47 Å². The van der Waals surface area contributed by atoms with Crippen molar-refractivity contribution in [3.63, 3.8) is 0 Å². The van der Waals surface area contributed by atoms with Crippen LogP contribution in [-0.4, -0.2) is 33.8 Å². The molecule has 0 spiro atoms. The number of thioether (sulfide) groups is 2. The third-order valence-corrected chi connectivity index (χ3v) is 5.66. The van der Waals surface area contributed by atoms with Crippen LogP contribution in [0.15, 0.2) is 25.3 Å². The zero-order chi connectivity index (χ0) is 15.7. The molecule has 0 radical (unpaired) electrons. The summed E-state index contributed by atoms with van der Waals surface area (Å²) < 4.78 is 11.0. The average molecular weight is 330 g/mol. The molecule has 0 unspecified atom stereocenters. The zero-order valence-corrected chi connectivity index (χ0v) is 14.0. The van der Waals surface area contributed by atoms with Crippen LogP contribution >= 0.6 is 23.5 Å². The lowest BCUT2D eigenvalue weighted by molar-refractivity contribution is -0.222. The van der Waals surface area contributed by atoms with Gasteiger partial charge in [0.2, 0.25) is 0 Å². The number of hydrogen-bond acceptors (Lipinski definition) is 6. The van der Waals surface area contributed by atoms with Crippen molar-refractivity contribution in [3.05, 3.63) is 25.3 Å². The second kappa shape index (κ2) is 9.20. The molecule has 0 bridgehead atoms. The average Bonchev–Trinajstić information content (AvgIpc) is 2.39. The maximum atomic E-state index is 11.7. The summed E-state index contributed by atoms with van der Waals surface area (Å²) in [5.74, 6) is 0.0426. The Morgan fingerprint density at radius 3 is 2.05 bits per heavy atom. The van der Waals surface area contributed by atoms with Crippen LogP contribution in [0.4, 0.5) is 0 Å². The Morgan fingerprint density at radius 1 is 1.14 bits per heavy atom. The maximum Gasteiger partial charge on any atom is 0.312 e. The normalized spacial score (nSPS) is 16.0. The van der Waals surface area contributed by atoms with Gasteiger partial charge in [-0.25, -0.2) is 0 Å².